The van der Waals surface area contributed by atoms with Crippen LogP contribution in [0.2, 0.25) is 0 Å². The van der Waals surface area contributed by atoms with Crippen LogP contribution in [0.1, 0.15) is 36.5 Å². The van der Waals surface area contributed by atoms with Crippen molar-refractivity contribution >= 4 is 0 Å². The zero-order valence-corrected chi connectivity index (χ0v) is 9.12. The third kappa shape index (κ3) is 3.11. The summed E-state index contributed by atoms with van der Waals surface area (Å²) in [6, 6.07) is 10.3. The van der Waals surface area contributed by atoms with E-state index in [-0.39, 0.29) is 0 Å². The van der Waals surface area contributed by atoms with Crippen LogP contribution in [-0.2, 0) is 12.8 Å². The quantitative estimate of drug-likeness (QED) is 0.749. The van der Waals surface area contributed by atoms with Gasteiger partial charge >= 0.3 is 0 Å². The van der Waals surface area contributed by atoms with Crippen LogP contribution in [0, 0.1) is 22.7 Å². The summed E-state index contributed by atoms with van der Waals surface area (Å²) < 4.78 is 0. The van der Waals surface area contributed by atoms with Gasteiger partial charge in [-0.25, -0.2) is 0 Å². The molecule has 0 aliphatic rings. The fourth-order valence-corrected chi connectivity index (χ4v) is 1.51. The first-order valence-electron chi connectivity index (χ1n) is 5.04. The van der Waals surface area contributed by atoms with E-state index in [9.17, 15) is 0 Å². The van der Waals surface area contributed by atoms with Crippen LogP contribution >= 0.6 is 0 Å². The summed E-state index contributed by atoms with van der Waals surface area (Å²) in [5.41, 5.74) is 3.22. The highest BCUT2D eigenvalue weighted by molar-refractivity contribution is 5.34. The summed E-state index contributed by atoms with van der Waals surface area (Å²) in [5.74, 6) is 0.432. The van der Waals surface area contributed by atoms with Crippen LogP contribution in [0.25, 0.3) is 0 Å². The third-order valence-electron chi connectivity index (χ3n) is 2.31. The molecule has 0 fully saturated rings. The lowest BCUT2D eigenvalue weighted by Crippen LogP contribution is -1.94. The van der Waals surface area contributed by atoms with Gasteiger partial charge in [0.25, 0.3) is 0 Å². The smallest absolute Gasteiger partial charge is 0.0669 e. The van der Waals surface area contributed by atoms with Gasteiger partial charge in [0.05, 0.1) is 25.0 Å². The lowest BCUT2D eigenvalue weighted by Gasteiger charge is -2.09. The minimum absolute atomic E-state index is 0.416. The number of nitrogens with zero attached hydrogens (tertiary/aromatic N) is 2. The maximum absolute atomic E-state index is 8.65. The second kappa shape index (κ2) is 5.17. The molecule has 0 saturated heterocycles. The Hall–Kier alpha value is -1.80. The van der Waals surface area contributed by atoms with Gasteiger partial charge in [-0.2, -0.15) is 10.5 Å². The first-order valence-corrected chi connectivity index (χ1v) is 5.04. The van der Waals surface area contributed by atoms with E-state index in [4.69, 9.17) is 10.5 Å². The van der Waals surface area contributed by atoms with Crippen molar-refractivity contribution < 1.29 is 0 Å². The molecule has 1 aromatic carbocycles. The van der Waals surface area contributed by atoms with Crippen LogP contribution in [0.5, 0.6) is 0 Å². The van der Waals surface area contributed by atoms with Crippen molar-refractivity contribution in [2.75, 3.05) is 0 Å². The second-order valence-electron chi connectivity index (χ2n) is 3.91. The molecular formula is C13H14N2. The molecule has 0 unspecified atom stereocenters. The van der Waals surface area contributed by atoms with Gasteiger partial charge in [-0.1, -0.05) is 32.0 Å². The molecule has 0 aliphatic carbocycles. The Bertz CT molecular complexity index is 385. The minimum Gasteiger partial charge on any atom is -0.198 e. The Morgan fingerprint density at radius 2 is 1.47 bits per heavy atom. The number of benzene rings is 1. The van der Waals surface area contributed by atoms with Gasteiger partial charge in [0.15, 0.2) is 0 Å². The van der Waals surface area contributed by atoms with Crippen molar-refractivity contribution in [3.8, 4) is 12.1 Å². The average molecular weight is 198 g/mol. The molecule has 0 aliphatic heterocycles. The fraction of sp³-hybridized carbons (Fsp3) is 0.385. The zero-order valence-electron chi connectivity index (χ0n) is 9.12. The minimum atomic E-state index is 0.416. The van der Waals surface area contributed by atoms with Crippen LogP contribution in [0.3, 0.4) is 0 Å². The Balaban J connectivity index is 3.10. The first-order chi connectivity index (χ1) is 7.17. The molecule has 0 saturated carbocycles. The Kier molecular flexibility index (Phi) is 3.89. The summed E-state index contributed by atoms with van der Waals surface area (Å²) in [7, 11) is 0. The predicted octanol–water partition coefficient (Wildman–Crippen LogP) is 2.94. The van der Waals surface area contributed by atoms with Gasteiger partial charge < -0.3 is 0 Å². The van der Waals surface area contributed by atoms with Crippen molar-refractivity contribution in [3.05, 3.63) is 34.9 Å². The number of rotatable bonds is 3. The Morgan fingerprint density at radius 1 is 1.00 bits per heavy atom. The lowest BCUT2D eigenvalue weighted by atomic mass is 9.96. The van der Waals surface area contributed by atoms with E-state index in [0.717, 1.165) is 11.1 Å². The predicted molar refractivity (Wildman–Crippen MR) is 59.2 cm³/mol. The molecule has 0 heterocycles. The molecule has 0 spiro atoms. The number of hydrogen-bond acceptors (Lipinski definition) is 2. The highest BCUT2D eigenvalue weighted by atomic mass is 14.2. The molecule has 2 heteroatoms. The number of hydrogen-bond donors (Lipinski definition) is 0. The van der Waals surface area contributed by atoms with Crippen molar-refractivity contribution in [1.29, 1.82) is 10.5 Å². The Morgan fingerprint density at radius 3 is 1.80 bits per heavy atom. The van der Waals surface area contributed by atoms with Gasteiger partial charge in [0.1, 0.15) is 0 Å². The molecule has 0 aromatic heterocycles. The van der Waals surface area contributed by atoms with Gasteiger partial charge in [-0.3, -0.25) is 0 Å². The van der Waals surface area contributed by atoms with Crippen LogP contribution < -0.4 is 0 Å². The molecule has 0 radical (unpaired) electrons. The van der Waals surface area contributed by atoms with Crippen molar-refractivity contribution in [2.45, 2.75) is 32.6 Å². The fourth-order valence-electron chi connectivity index (χ4n) is 1.51. The second-order valence-corrected chi connectivity index (χ2v) is 3.91. The normalized spacial score (nSPS) is 9.67. The molecule has 0 N–H and O–H groups in total. The zero-order chi connectivity index (χ0) is 11.3. The van der Waals surface area contributed by atoms with Crippen LogP contribution in [-0.4, -0.2) is 0 Å². The maximum Gasteiger partial charge on any atom is 0.0669 e. The molecule has 2 nitrogen and oxygen atoms in total. The van der Waals surface area contributed by atoms with Gasteiger partial charge in [-0.05, 0) is 22.6 Å². The summed E-state index contributed by atoms with van der Waals surface area (Å²) in [4.78, 5) is 0. The van der Waals surface area contributed by atoms with E-state index in [1.807, 2.05) is 6.07 Å². The van der Waals surface area contributed by atoms with E-state index in [1.54, 1.807) is 0 Å². The SMILES string of the molecule is CC(C)c1cc(CC#N)cc(CC#N)c1. The summed E-state index contributed by atoms with van der Waals surface area (Å²) in [6.07, 6.45) is 0.831. The third-order valence-corrected chi connectivity index (χ3v) is 2.31. The van der Waals surface area contributed by atoms with E-state index < -0.39 is 0 Å². The molecule has 1 aromatic rings. The standard InChI is InChI=1S/C13H14N2/c1-10(2)13-8-11(3-5-14)7-12(9-13)4-6-15/h7-10H,3-4H2,1-2H3. The summed E-state index contributed by atoms with van der Waals surface area (Å²) in [6.45, 7) is 4.23. The molecule has 0 atom stereocenters. The molecule has 0 amide bonds. The van der Waals surface area contributed by atoms with Crippen molar-refractivity contribution in [2.24, 2.45) is 0 Å². The van der Waals surface area contributed by atoms with Gasteiger partial charge in [0.2, 0.25) is 0 Å². The lowest BCUT2D eigenvalue weighted by molar-refractivity contribution is 0.860. The average Bonchev–Trinajstić information content (AvgIpc) is 2.18. The van der Waals surface area contributed by atoms with E-state index in [1.165, 1.54) is 5.56 Å². The first kappa shape index (κ1) is 11.3. The van der Waals surface area contributed by atoms with Gasteiger partial charge in [0, 0.05) is 0 Å². The van der Waals surface area contributed by atoms with Crippen LogP contribution in [0.15, 0.2) is 18.2 Å². The molecular weight excluding hydrogens is 184 g/mol. The molecule has 76 valence electrons. The number of nitriles is 2. The summed E-state index contributed by atoms with van der Waals surface area (Å²) >= 11 is 0. The molecule has 0 bridgehead atoms. The highest BCUT2D eigenvalue weighted by Crippen LogP contribution is 2.19. The topological polar surface area (TPSA) is 47.6 Å². The molecule has 15 heavy (non-hydrogen) atoms. The largest absolute Gasteiger partial charge is 0.198 e. The van der Waals surface area contributed by atoms with Gasteiger partial charge in [-0.15, -0.1) is 0 Å². The highest BCUT2D eigenvalue weighted by Gasteiger charge is 2.04. The van der Waals surface area contributed by atoms with Crippen LogP contribution in [0.4, 0.5) is 0 Å². The van der Waals surface area contributed by atoms with E-state index in [0.29, 0.717) is 18.8 Å². The Labute approximate surface area is 90.8 Å². The monoisotopic (exact) mass is 198 g/mol. The van der Waals surface area contributed by atoms with Crippen molar-refractivity contribution in [3.63, 3.8) is 0 Å². The maximum atomic E-state index is 8.65. The van der Waals surface area contributed by atoms with Crippen molar-refractivity contribution in [1.82, 2.24) is 0 Å². The molecule has 1 rings (SSSR count). The summed E-state index contributed by atoms with van der Waals surface area (Å²) in [5, 5.41) is 17.3. The van der Waals surface area contributed by atoms with E-state index in [2.05, 4.69) is 38.1 Å². The van der Waals surface area contributed by atoms with E-state index >= 15 is 0 Å².